The molecule has 0 radical (unpaired) electrons. The lowest BCUT2D eigenvalue weighted by atomic mass is 10.3. The number of hydrogen-bond donors (Lipinski definition) is 3. The van der Waals surface area contributed by atoms with E-state index in [-0.39, 0.29) is 17.6 Å². The van der Waals surface area contributed by atoms with E-state index in [1.807, 2.05) is 13.8 Å². The van der Waals surface area contributed by atoms with E-state index < -0.39 is 0 Å². The van der Waals surface area contributed by atoms with Gasteiger partial charge in [-0.25, -0.2) is 10.5 Å². The summed E-state index contributed by atoms with van der Waals surface area (Å²) in [5.41, 5.74) is 2.55. The third kappa shape index (κ3) is 2.86. The second-order valence-corrected chi connectivity index (χ2v) is 4.16. The average Bonchev–Trinajstić information content (AvgIpc) is 2.87. The molecule has 0 bridgehead atoms. The zero-order valence-corrected chi connectivity index (χ0v) is 10.7. The van der Waals surface area contributed by atoms with Crippen molar-refractivity contribution in [2.24, 2.45) is 5.84 Å². The van der Waals surface area contributed by atoms with Gasteiger partial charge in [0.15, 0.2) is 11.5 Å². The van der Waals surface area contributed by atoms with E-state index in [1.165, 1.54) is 6.07 Å². The lowest BCUT2D eigenvalue weighted by Crippen LogP contribution is -2.19. The summed E-state index contributed by atoms with van der Waals surface area (Å²) in [6.07, 6.45) is 1.63. The number of anilines is 2. The summed E-state index contributed by atoms with van der Waals surface area (Å²) >= 11 is 0. The van der Waals surface area contributed by atoms with E-state index in [0.29, 0.717) is 11.6 Å². The van der Waals surface area contributed by atoms with Gasteiger partial charge in [-0.05, 0) is 26.0 Å². The van der Waals surface area contributed by atoms with Crippen LogP contribution in [0.3, 0.4) is 0 Å². The number of nitrogens with two attached hydrogens (primary N) is 1. The van der Waals surface area contributed by atoms with E-state index in [1.54, 1.807) is 23.0 Å². The van der Waals surface area contributed by atoms with Gasteiger partial charge in [-0.15, -0.1) is 10.2 Å². The Balaban J connectivity index is 2.13. The van der Waals surface area contributed by atoms with Crippen LogP contribution in [0.2, 0.25) is 0 Å². The van der Waals surface area contributed by atoms with Crippen LogP contribution in [0.1, 0.15) is 30.4 Å². The van der Waals surface area contributed by atoms with Gasteiger partial charge in [0.25, 0.3) is 5.91 Å². The molecular formula is C11H15N7O. The topological polar surface area (TPSA) is 111 Å². The number of nitrogen functional groups attached to an aromatic ring is 1. The Morgan fingerprint density at radius 2 is 2.11 bits per heavy atom. The van der Waals surface area contributed by atoms with Crippen molar-refractivity contribution in [2.75, 3.05) is 10.7 Å². The molecule has 0 saturated carbocycles. The van der Waals surface area contributed by atoms with Gasteiger partial charge < -0.3 is 10.7 Å². The highest BCUT2D eigenvalue weighted by atomic mass is 16.2. The van der Waals surface area contributed by atoms with Crippen molar-refractivity contribution < 1.29 is 4.79 Å². The van der Waals surface area contributed by atoms with Gasteiger partial charge in [-0.2, -0.15) is 5.10 Å². The van der Waals surface area contributed by atoms with Crippen LogP contribution >= 0.6 is 0 Å². The maximum atomic E-state index is 12.0. The van der Waals surface area contributed by atoms with Crippen LogP contribution in [-0.2, 0) is 0 Å². The number of rotatable bonds is 4. The molecule has 19 heavy (non-hydrogen) atoms. The van der Waals surface area contributed by atoms with Crippen LogP contribution in [0, 0.1) is 0 Å². The first kappa shape index (κ1) is 13.0. The first-order chi connectivity index (χ1) is 9.11. The van der Waals surface area contributed by atoms with E-state index >= 15 is 0 Å². The zero-order chi connectivity index (χ0) is 13.8. The molecule has 1 amide bonds. The molecular weight excluding hydrogens is 246 g/mol. The number of carbonyl (C=O) groups is 1. The van der Waals surface area contributed by atoms with Crippen molar-refractivity contribution in [3.8, 4) is 0 Å². The molecule has 8 nitrogen and oxygen atoms in total. The van der Waals surface area contributed by atoms with Crippen LogP contribution in [0.15, 0.2) is 24.4 Å². The highest BCUT2D eigenvalue weighted by Crippen LogP contribution is 2.13. The lowest BCUT2D eigenvalue weighted by molar-refractivity contribution is 0.102. The van der Waals surface area contributed by atoms with Crippen molar-refractivity contribution in [3.05, 3.63) is 30.1 Å². The molecule has 0 unspecified atom stereocenters. The fourth-order valence-electron chi connectivity index (χ4n) is 1.54. The SMILES string of the molecule is CC(C)n1nccc1NC(=O)c1ccc(NN)nn1. The third-order valence-electron chi connectivity index (χ3n) is 2.45. The van der Waals surface area contributed by atoms with Gasteiger partial charge in [-0.3, -0.25) is 4.79 Å². The summed E-state index contributed by atoms with van der Waals surface area (Å²) in [7, 11) is 0. The molecule has 0 atom stereocenters. The second-order valence-electron chi connectivity index (χ2n) is 4.16. The Bertz CT molecular complexity index is 561. The molecule has 0 aliphatic carbocycles. The molecule has 2 aromatic rings. The molecule has 8 heteroatoms. The maximum absolute atomic E-state index is 12.0. The van der Waals surface area contributed by atoms with Crippen LogP contribution in [0.4, 0.5) is 11.6 Å². The van der Waals surface area contributed by atoms with Gasteiger partial charge in [0, 0.05) is 12.1 Å². The highest BCUT2D eigenvalue weighted by molar-refractivity contribution is 6.02. The molecule has 4 N–H and O–H groups in total. The van der Waals surface area contributed by atoms with Crippen molar-refractivity contribution in [1.29, 1.82) is 0 Å². The van der Waals surface area contributed by atoms with E-state index in [9.17, 15) is 4.79 Å². The zero-order valence-electron chi connectivity index (χ0n) is 10.7. The Morgan fingerprint density at radius 1 is 1.32 bits per heavy atom. The standard InChI is InChI=1S/C11H15N7O/c1-7(2)18-10(5-6-13-18)14-11(19)8-3-4-9(15-12)17-16-8/h3-7H,12H2,1-2H3,(H,14,19)(H,15,17). The van der Waals surface area contributed by atoms with Gasteiger partial charge in [0.05, 0.1) is 6.20 Å². The minimum atomic E-state index is -0.349. The van der Waals surface area contributed by atoms with E-state index in [2.05, 4.69) is 26.0 Å². The summed E-state index contributed by atoms with van der Waals surface area (Å²) in [6, 6.07) is 4.98. The average molecular weight is 261 g/mol. The van der Waals surface area contributed by atoms with Crippen molar-refractivity contribution in [1.82, 2.24) is 20.0 Å². The summed E-state index contributed by atoms with van der Waals surface area (Å²) < 4.78 is 1.71. The minimum absolute atomic E-state index is 0.153. The second kappa shape index (κ2) is 5.44. The number of carbonyl (C=O) groups excluding carboxylic acids is 1. The fraction of sp³-hybridized carbons (Fsp3) is 0.273. The number of nitrogens with zero attached hydrogens (tertiary/aromatic N) is 4. The smallest absolute Gasteiger partial charge is 0.277 e. The quantitative estimate of drug-likeness (QED) is 0.554. The van der Waals surface area contributed by atoms with E-state index in [4.69, 9.17) is 5.84 Å². The molecule has 0 saturated heterocycles. The summed E-state index contributed by atoms with van der Waals surface area (Å²) in [4.78, 5) is 12.0. The Morgan fingerprint density at radius 3 is 2.68 bits per heavy atom. The highest BCUT2D eigenvalue weighted by Gasteiger charge is 2.12. The predicted molar refractivity (Wildman–Crippen MR) is 70.4 cm³/mol. The normalized spacial score (nSPS) is 10.5. The summed E-state index contributed by atoms with van der Waals surface area (Å²) in [6.45, 7) is 3.95. The number of hydrogen-bond acceptors (Lipinski definition) is 6. The number of hydrazine groups is 1. The molecule has 0 aromatic carbocycles. The Kier molecular flexibility index (Phi) is 3.71. The molecule has 100 valence electrons. The predicted octanol–water partition coefficient (Wildman–Crippen LogP) is 0.792. The maximum Gasteiger partial charge on any atom is 0.277 e. The molecule has 0 spiro atoms. The van der Waals surface area contributed by atoms with E-state index in [0.717, 1.165) is 0 Å². The van der Waals surface area contributed by atoms with Crippen molar-refractivity contribution in [3.63, 3.8) is 0 Å². The number of nitrogens with one attached hydrogen (secondary N) is 2. The van der Waals surface area contributed by atoms with Crippen LogP contribution < -0.4 is 16.6 Å². The van der Waals surface area contributed by atoms with Gasteiger partial charge >= 0.3 is 0 Å². The van der Waals surface area contributed by atoms with Crippen LogP contribution in [-0.4, -0.2) is 25.9 Å². The largest absolute Gasteiger partial charge is 0.307 e. The molecule has 0 aliphatic rings. The monoisotopic (exact) mass is 261 g/mol. The molecule has 2 rings (SSSR count). The number of aromatic nitrogens is 4. The van der Waals surface area contributed by atoms with Crippen LogP contribution in [0.25, 0.3) is 0 Å². The Labute approximate surface area is 110 Å². The first-order valence-corrected chi connectivity index (χ1v) is 5.77. The lowest BCUT2D eigenvalue weighted by Gasteiger charge is -2.11. The van der Waals surface area contributed by atoms with Crippen molar-refractivity contribution in [2.45, 2.75) is 19.9 Å². The fourth-order valence-corrected chi connectivity index (χ4v) is 1.54. The van der Waals surface area contributed by atoms with Gasteiger partial charge in [0.2, 0.25) is 0 Å². The minimum Gasteiger partial charge on any atom is -0.307 e. The van der Waals surface area contributed by atoms with Gasteiger partial charge in [-0.1, -0.05) is 0 Å². The molecule has 0 aliphatic heterocycles. The first-order valence-electron chi connectivity index (χ1n) is 5.77. The van der Waals surface area contributed by atoms with Crippen molar-refractivity contribution >= 4 is 17.5 Å². The Hall–Kier alpha value is -2.48. The van der Waals surface area contributed by atoms with Gasteiger partial charge in [0.1, 0.15) is 5.82 Å². The summed E-state index contributed by atoms with van der Waals surface area (Å²) in [5.74, 6) is 5.83. The third-order valence-corrected chi connectivity index (χ3v) is 2.45. The number of amides is 1. The molecule has 2 heterocycles. The molecule has 0 fully saturated rings. The van der Waals surface area contributed by atoms with Crippen LogP contribution in [0.5, 0.6) is 0 Å². The molecule has 2 aromatic heterocycles. The summed E-state index contributed by atoms with van der Waals surface area (Å²) in [5, 5.41) is 14.4.